The van der Waals surface area contributed by atoms with Crippen LogP contribution in [0.1, 0.15) is 41.1 Å². The summed E-state index contributed by atoms with van der Waals surface area (Å²) in [5.74, 6) is 0.532. The van der Waals surface area contributed by atoms with Crippen molar-refractivity contribution in [3.8, 4) is 0 Å². The SMILES string of the molecule is Cc1sc(C(=O)Nc2cc(C(C)(C)C)on2)cc1S(=O)(=O)N1CCOCC1. The Morgan fingerprint density at radius 2 is 1.93 bits per heavy atom. The van der Waals surface area contributed by atoms with Gasteiger partial charge in [-0.25, -0.2) is 8.42 Å². The van der Waals surface area contributed by atoms with Crippen molar-refractivity contribution in [2.24, 2.45) is 0 Å². The van der Waals surface area contributed by atoms with Crippen molar-refractivity contribution in [2.75, 3.05) is 31.6 Å². The maximum Gasteiger partial charge on any atom is 0.267 e. The van der Waals surface area contributed by atoms with Gasteiger partial charge in [0.05, 0.1) is 23.0 Å². The molecule has 0 saturated carbocycles. The van der Waals surface area contributed by atoms with E-state index in [-0.39, 0.29) is 10.3 Å². The number of ether oxygens (including phenoxy) is 1. The minimum Gasteiger partial charge on any atom is -0.379 e. The van der Waals surface area contributed by atoms with Crippen LogP contribution in [0.3, 0.4) is 0 Å². The molecule has 0 bridgehead atoms. The van der Waals surface area contributed by atoms with Gasteiger partial charge in [-0.1, -0.05) is 25.9 Å². The van der Waals surface area contributed by atoms with Gasteiger partial charge in [-0.05, 0) is 13.0 Å². The molecule has 0 spiro atoms. The molecular weight excluding hydrogens is 390 g/mol. The molecular formula is C17H23N3O5S2. The second kappa shape index (κ2) is 7.34. The highest BCUT2D eigenvalue weighted by molar-refractivity contribution is 7.89. The monoisotopic (exact) mass is 413 g/mol. The van der Waals surface area contributed by atoms with E-state index in [1.165, 1.54) is 10.4 Å². The topological polar surface area (TPSA) is 102 Å². The summed E-state index contributed by atoms with van der Waals surface area (Å²) in [5, 5.41) is 6.52. The predicted octanol–water partition coefficient (Wildman–Crippen LogP) is 2.62. The molecule has 0 aromatic carbocycles. The molecule has 1 aliphatic rings. The van der Waals surface area contributed by atoms with Gasteiger partial charge in [-0.2, -0.15) is 4.31 Å². The standard InChI is InChI=1S/C17H23N3O5S2/c1-11-13(27(22,23)20-5-7-24-8-6-20)9-12(26-11)16(21)18-15-10-14(25-19-15)17(2,3)4/h9-10H,5-8H2,1-4H3,(H,18,19,21). The minimum absolute atomic E-state index is 0.162. The molecule has 2 aromatic heterocycles. The van der Waals surface area contributed by atoms with Crippen LogP contribution in [0.25, 0.3) is 0 Å². The molecule has 27 heavy (non-hydrogen) atoms. The van der Waals surface area contributed by atoms with Gasteiger partial charge in [0.1, 0.15) is 5.76 Å². The van der Waals surface area contributed by atoms with Gasteiger partial charge in [-0.15, -0.1) is 11.3 Å². The summed E-state index contributed by atoms with van der Waals surface area (Å²) >= 11 is 1.14. The third kappa shape index (κ3) is 4.23. The van der Waals surface area contributed by atoms with E-state index in [1.807, 2.05) is 20.8 Å². The minimum atomic E-state index is -3.64. The van der Waals surface area contributed by atoms with Crippen molar-refractivity contribution in [3.63, 3.8) is 0 Å². The van der Waals surface area contributed by atoms with Crippen molar-refractivity contribution >= 4 is 33.1 Å². The number of rotatable bonds is 4. The van der Waals surface area contributed by atoms with Crippen molar-refractivity contribution in [1.29, 1.82) is 0 Å². The maximum atomic E-state index is 12.8. The fourth-order valence-corrected chi connectivity index (χ4v) is 5.49. The van der Waals surface area contributed by atoms with Crippen LogP contribution in [0.2, 0.25) is 0 Å². The van der Waals surface area contributed by atoms with Gasteiger partial charge in [0.25, 0.3) is 5.91 Å². The molecule has 1 aliphatic heterocycles. The number of anilines is 1. The fourth-order valence-electron chi connectivity index (χ4n) is 2.62. The van der Waals surface area contributed by atoms with Crippen LogP contribution in [0.5, 0.6) is 0 Å². The van der Waals surface area contributed by atoms with E-state index in [0.29, 0.717) is 47.6 Å². The van der Waals surface area contributed by atoms with Gasteiger partial charge in [0.2, 0.25) is 10.0 Å². The fraction of sp³-hybridized carbons (Fsp3) is 0.529. The summed E-state index contributed by atoms with van der Waals surface area (Å²) in [7, 11) is -3.64. The number of carbonyl (C=O) groups is 1. The van der Waals surface area contributed by atoms with Crippen LogP contribution < -0.4 is 5.32 Å². The number of thiophene rings is 1. The van der Waals surface area contributed by atoms with Crippen LogP contribution in [0.15, 0.2) is 21.6 Å². The highest BCUT2D eigenvalue weighted by Crippen LogP contribution is 2.30. The lowest BCUT2D eigenvalue weighted by molar-refractivity contribution is 0.0730. The van der Waals surface area contributed by atoms with Gasteiger partial charge >= 0.3 is 0 Å². The number of nitrogens with one attached hydrogen (secondary N) is 1. The summed E-state index contributed by atoms with van der Waals surface area (Å²) in [5.41, 5.74) is -0.227. The molecule has 0 unspecified atom stereocenters. The van der Waals surface area contributed by atoms with Crippen molar-refractivity contribution in [3.05, 3.63) is 27.6 Å². The first-order valence-corrected chi connectivity index (χ1v) is 10.8. The molecule has 3 rings (SSSR count). The largest absolute Gasteiger partial charge is 0.379 e. The van der Waals surface area contributed by atoms with E-state index in [0.717, 1.165) is 11.3 Å². The molecule has 0 radical (unpaired) electrons. The summed E-state index contributed by atoms with van der Waals surface area (Å²) in [6.07, 6.45) is 0. The normalized spacial score (nSPS) is 16.4. The average molecular weight is 414 g/mol. The van der Waals surface area contributed by atoms with Crippen LogP contribution in [0.4, 0.5) is 5.82 Å². The zero-order valence-corrected chi connectivity index (χ0v) is 17.4. The molecule has 2 aromatic rings. The first-order valence-electron chi connectivity index (χ1n) is 8.56. The predicted molar refractivity (Wildman–Crippen MR) is 102 cm³/mol. The van der Waals surface area contributed by atoms with Crippen LogP contribution in [-0.4, -0.2) is 50.1 Å². The van der Waals surface area contributed by atoms with Crippen LogP contribution in [-0.2, 0) is 20.2 Å². The van der Waals surface area contributed by atoms with Crippen molar-refractivity contribution in [1.82, 2.24) is 9.46 Å². The molecule has 148 valence electrons. The first kappa shape index (κ1) is 20.0. The third-order valence-electron chi connectivity index (χ3n) is 4.17. The highest BCUT2D eigenvalue weighted by Gasteiger charge is 2.30. The molecule has 0 atom stereocenters. The zero-order chi connectivity index (χ0) is 19.8. The second-order valence-corrected chi connectivity index (χ2v) is 10.5. The number of amides is 1. The molecule has 1 saturated heterocycles. The Morgan fingerprint density at radius 1 is 1.26 bits per heavy atom. The molecule has 1 N–H and O–H groups in total. The van der Waals surface area contributed by atoms with E-state index in [2.05, 4.69) is 10.5 Å². The van der Waals surface area contributed by atoms with E-state index >= 15 is 0 Å². The highest BCUT2D eigenvalue weighted by atomic mass is 32.2. The second-order valence-electron chi connectivity index (χ2n) is 7.33. The van der Waals surface area contributed by atoms with Gasteiger partial charge in [0.15, 0.2) is 5.82 Å². The Kier molecular flexibility index (Phi) is 5.44. The van der Waals surface area contributed by atoms with Gasteiger partial charge < -0.3 is 14.6 Å². The lowest BCUT2D eigenvalue weighted by Crippen LogP contribution is -2.40. The quantitative estimate of drug-likeness (QED) is 0.827. The third-order valence-corrected chi connectivity index (χ3v) is 7.38. The van der Waals surface area contributed by atoms with Gasteiger partial charge in [0, 0.05) is 29.4 Å². The van der Waals surface area contributed by atoms with E-state index in [1.54, 1.807) is 13.0 Å². The number of aryl methyl sites for hydroxylation is 1. The average Bonchev–Trinajstić information content (AvgIpc) is 3.22. The number of hydrogen-bond donors (Lipinski definition) is 1. The lowest BCUT2D eigenvalue weighted by Gasteiger charge is -2.25. The summed E-state index contributed by atoms with van der Waals surface area (Å²) in [6, 6.07) is 3.09. The summed E-state index contributed by atoms with van der Waals surface area (Å²) in [4.78, 5) is 13.6. The van der Waals surface area contributed by atoms with Crippen molar-refractivity contribution in [2.45, 2.75) is 38.0 Å². The summed E-state index contributed by atoms with van der Waals surface area (Å²) < 4.78 is 37.5. The number of hydrogen-bond acceptors (Lipinski definition) is 7. The number of nitrogens with zero attached hydrogens (tertiary/aromatic N) is 2. The number of carbonyl (C=O) groups excluding carboxylic acids is 1. The van der Waals surface area contributed by atoms with E-state index in [4.69, 9.17) is 9.26 Å². The van der Waals surface area contributed by atoms with Crippen LogP contribution in [0, 0.1) is 6.92 Å². The van der Waals surface area contributed by atoms with E-state index in [9.17, 15) is 13.2 Å². The molecule has 1 fully saturated rings. The summed E-state index contributed by atoms with van der Waals surface area (Å²) in [6.45, 7) is 9.00. The Bertz CT molecular complexity index is 934. The molecule has 3 heterocycles. The molecule has 10 heteroatoms. The van der Waals surface area contributed by atoms with E-state index < -0.39 is 15.9 Å². The maximum absolute atomic E-state index is 12.8. The first-order chi connectivity index (χ1) is 12.6. The zero-order valence-electron chi connectivity index (χ0n) is 15.7. The Balaban J connectivity index is 1.79. The smallest absolute Gasteiger partial charge is 0.267 e. The number of morpholine rings is 1. The number of sulfonamides is 1. The van der Waals surface area contributed by atoms with Gasteiger partial charge in [-0.3, -0.25) is 4.79 Å². The molecule has 1 amide bonds. The number of aromatic nitrogens is 1. The Hall–Kier alpha value is -1.75. The van der Waals surface area contributed by atoms with Crippen LogP contribution >= 0.6 is 11.3 Å². The molecule has 0 aliphatic carbocycles. The Labute approximate surface area is 162 Å². The lowest BCUT2D eigenvalue weighted by atomic mass is 9.93. The van der Waals surface area contributed by atoms with Crippen molar-refractivity contribution < 1.29 is 22.5 Å². The molecule has 8 nitrogen and oxygen atoms in total. The Morgan fingerprint density at radius 3 is 2.52 bits per heavy atom.